The first-order valence-corrected chi connectivity index (χ1v) is 7.97. The van der Waals surface area contributed by atoms with Crippen LogP contribution in [0.5, 0.6) is 0 Å². The fraction of sp³-hybridized carbons (Fsp3) is 0.333. The van der Waals surface area contributed by atoms with Gasteiger partial charge in [0.1, 0.15) is 5.82 Å². The van der Waals surface area contributed by atoms with Crippen molar-refractivity contribution in [2.24, 2.45) is 0 Å². The monoisotopic (exact) mass is 351 g/mol. The third-order valence-electron chi connectivity index (χ3n) is 3.73. The molecule has 1 aromatic heterocycles. The molecular weight excluding hydrogens is 331 g/mol. The van der Waals surface area contributed by atoms with E-state index in [4.69, 9.17) is 0 Å². The number of hydrogen-bond acceptors (Lipinski definition) is 3. The molecule has 0 radical (unpaired) electrons. The first-order valence-electron chi connectivity index (χ1n) is 7.97. The van der Waals surface area contributed by atoms with Crippen molar-refractivity contribution in [1.82, 2.24) is 4.98 Å². The Morgan fingerprint density at radius 2 is 1.96 bits per heavy atom. The van der Waals surface area contributed by atoms with Gasteiger partial charge in [0.2, 0.25) is 0 Å². The number of rotatable bonds is 6. The molecule has 1 aromatic carbocycles. The number of carbonyl (C=O) groups is 1. The van der Waals surface area contributed by atoms with Gasteiger partial charge in [-0.1, -0.05) is 25.5 Å². The number of halogens is 3. The summed E-state index contributed by atoms with van der Waals surface area (Å²) in [5.74, 6) is -0.00514. The molecule has 7 heteroatoms. The second-order valence-corrected chi connectivity index (χ2v) is 5.68. The zero-order valence-corrected chi connectivity index (χ0v) is 14.1. The summed E-state index contributed by atoms with van der Waals surface area (Å²) in [5, 5.41) is 2.34. The number of hydrogen-bond donors (Lipinski definition) is 1. The Balaban J connectivity index is 2.20. The molecule has 0 spiro atoms. The highest BCUT2D eigenvalue weighted by molar-refractivity contribution is 6.05. The van der Waals surface area contributed by atoms with Gasteiger partial charge in [0.05, 0.1) is 11.3 Å². The zero-order chi connectivity index (χ0) is 18.4. The Bertz CT molecular complexity index is 732. The van der Waals surface area contributed by atoms with Crippen LogP contribution in [0.4, 0.5) is 24.7 Å². The molecule has 1 N–H and O–H groups in total. The Labute approximate surface area is 144 Å². The van der Waals surface area contributed by atoms with Gasteiger partial charge in [-0.15, -0.1) is 0 Å². The number of anilines is 2. The maximum atomic E-state index is 13.0. The molecule has 25 heavy (non-hydrogen) atoms. The molecule has 0 saturated heterocycles. The number of para-hydroxylation sites is 1. The molecule has 0 aliphatic rings. The van der Waals surface area contributed by atoms with Crippen LogP contribution in [0.25, 0.3) is 0 Å². The summed E-state index contributed by atoms with van der Waals surface area (Å²) in [5.41, 5.74) is -0.888. The standard InChI is InChI=1S/C18H20F3N3O/c1-3-4-11-24(2)16-12-13(9-10-22-16)17(25)23-15-8-6-5-7-14(15)18(19,20)21/h5-10,12H,3-4,11H2,1-2H3,(H,23,25). The summed E-state index contributed by atoms with van der Waals surface area (Å²) < 4.78 is 39.1. The van der Waals surface area contributed by atoms with E-state index < -0.39 is 17.6 Å². The number of nitrogens with zero attached hydrogens (tertiary/aromatic N) is 2. The van der Waals surface area contributed by atoms with Gasteiger partial charge in [-0.25, -0.2) is 4.98 Å². The molecule has 1 amide bonds. The van der Waals surface area contributed by atoms with E-state index in [0.717, 1.165) is 25.5 Å². The second kappa shape index (κ2) is 8.00. The summed E-state index contributed by atoms with van der Waals surface area (Å²) in [6.45, 7) is 2.86. The first-order chi connectivity index (χ1) is 11.8. The Kier molecular flexibility index (Phi) is 6.01. The molecule has 0 aliphatic heterocycles. The van der Waals surface area contributed by atoms with E-state index in [1.165, 1.54) is 30.5 Å². The lowest BCUT2D eigenvalue weighted by Gasteiger charge is -2.18. The lowest BCUT2D eigenvalue weighted by Crippen LogP contribution is -2.21. The largest absolute Gasteiger partial charge is 0.418 e. The molecule has 2 rings (SSSR count). The maximum absolute atomic E-state index is 13.0. The predicted molar refractivity (Wildman–Crippen MR) is 91.8 cm³/mol. The minimum atomic E-state index is -4.53. The lowest BCUT2D eigenvalue weighted by molar-refractivity contribution is -0.136. The predicted octanol–water partition coefficient (Wildman–Crippen LogP) is 4.59. The average Bonchev–Trinajstić information content (AvgIpc) is 2.59. The quantitative estimate of drug-likeness (QED) is 0.828. The third-order valence-corrected chi connectivity index (χ3v) is 3.73. The fourth-order valence-corrected chi connectivity index (χ4v) is 2.31. The SMILES string of the molecule is CCCCN(C)c1cc(C(=O)Nc2ccccc2C(F)(F)F)ccn1. The Morgan fingerprint density at radius 1 is 1.24 bits per heavy atom. The van der Waals surface area contributed by atoms with E-state index in [-0.39, 0.29) is 11.3 Å². The first kappa shape index (κ1) is 18.8. The van der Waals surface area contributed by atoms with Crippen molar-refractivity contribution in [2.75, 3.05) is 23.8 Å². The second-order valence-electron chi connectivity index (χ2n) is 5.68. The van der Waals surface area contributed by atoms with Crippen molar-refractivity contribution in [3.8, 4) is 0 Å². The minimum absolute atomic E-state index is 0.255. The van der Waals surface area contributed by atoms with E-state index in [9.17, 15) is 18.0 Å². The molecule has 2 aromatic rings. The van der Waals surface area contributed by atoms with Crippen LogP contribution in [-0.2, 0) is 6.18 Å². The van der Waals surface area contributed by atoms with Crippen molar-refractivity contribution < 1.29 is 18.0 Å². The Morgan fingerprint density at radius 3 is 2.64 bits per heavy atom. The number of pyridine rings is 1. The van der Waals surface area contributed by atoms with Crippen LogP contribution < -0.4 is 10.2 Å². The summed E-state index contributed by atoms with van der Waals surface area (Å²) in [4.78, 5) is 18.5. The molecule has 4 nitrogen and oxygen atoms in total. The van der Waals surface area contributed by atoms with Crippen LogP contribution in [0.3, 0.4) is 0 Å². The smallest absolute Gasteiger partial charge is 0.360 e. The van der Waals surface area contributed by atoms with Crippen molar-refractivity contribution in [3.05, 3.63) is 53.7 Å². The molecule has 0 bridgehead atoms. The van der Waals surface area contributed by atoms with Gasteiger partial charge >= 0.3 is 6.18 Å². The molecule has 0 saturated carbocycles. The number of carbonyl (C=O) groups excluding carboxylic acids is 1. The summed E-state index contributed by atoms with van der Waals surface area (Å²) in [6, 6.07) is 7.94. The van der Waals surface area contributed by atoms with E-state index in [0.29, 0.717) is 5.82 Å². The number of alkyl halides is 3. The van der Waals surface area contributed by atoms with Crippen molar-refractivity contribution >= 4 is 17.4 Å². The molecule has 0 aliphatic carbocycles. The van der Waals surface area contributed by atoms with Crippen molar-refractivity contribution in [2.45, 2.75) is 25.9 Å². The van der Waals surface area contributed by atoms with E-state index in [2.05, 4.69) is 17.2 Å². The summed E-state index contributed by atoms with van der Waals surface area (Å²) in [6.07, 6.45) is -1.05. The van der Waals surface area contributed by atoms with Gasteiger partial charge in [-0.05, 0) is 30.7 Å². The number of amides is 1. The summed E-state index contributed by atoms with van der Waals surface area (Å²) >= 11 is 0. The van der Waals surface area contributed by atoms with Crippen LogP contribution in [0.1, 0.15) is 35.7 Å². The molecule has 0 fully saturated rings. The van der Waals surface area contributed by atoms with Crippen LogP contribution in [-0.4, -0.2) is 24.5 Å². The average molecular weight is 351 g/mol. The van der Waals surface area contributed by atoms with Gasteiger partial charge < -0.3 is 10.2 Å². The third kappa shape index (κ3) is 4.95. The van der Waals surface area contributed by atoms with Gasteiger partial charge in [-0.3, -0.25) is 4.79 Å². The van der Waals surface area contributed by atoms with Crippen LogP contribution in [0.15, 0.2) is 42.6 Å². The summed E-state index contributed by atoms with van der Waals surface area (Å²) in [7, 11) is 1.86. The highest BCUT2D eigenvalue weighted by Gasteiger charge is 2.33. The molecule has 134 valence electrons. The van der Waals surface area contributed by atoms with E-state index >= 15 is 0 Å². The number of benzene rings is 1. The van der Waals surface area contributed by atoms with Gasteiger partial charge in [0.15, 0.2) is 0 Å². The van der Waals surface area contributed by atoms with Crippen LogP contribution >= 0.6 is 0 Å². The number of unbranched alkanes of at least 4 members (excludes halogenated alkanes) is 1. The molecule has 0 atom stereocenters. The minimum Gasteiger partial charge on any atom is -0.360 e. The highest BCUT2D eigenvalue weighted by Crippen LogP contribution is 2.34. The molecule has 0 unspecified atom stereocenters. The van der Waals surface area contributed by atoms with Crippen LogP contribution in [0, 0.1) is 0 Å². The fourth-order valence-electron chi connectivity index (χ4n) is 2.31. The number of aromatic nitrogens is 1. The van der Waals surface area contributed by atoms with Crippen molar-refractivity contribution in [1.29, 1.82) is 0 Å². The van der Waals surface area contributed by atoms with Gasteiger partial charge in [-0.2, -0.15) is 13.2 Å². The maximum Gasteiger partial charge on any atom is 0.418 e. The molecular formula is C18H20F3N3O. The topological polar surface area (TPSA) is 45.2 Å². The van der Waals surface area contributed by atoms with E-state index in [1.807, 2.05) is 11.9 Å². The van der Waals surface area contributed by atoms with Crippen molar-refractivity contribution in [3.63, 3.8) is 0 Å². The van der Waals surface area contributed by atoms with Gasteiger partial charge in [0, 0.05) is 25.4 Å². The lowest BCUT2D eigenvalue weighted by atomic mass is 10.1. The Hall–Kier alpha value is -2.57. The molecule has 1 heterocycles. The highest BCUT2D eigenvalue weighted by atomic mass is 19.4. The zero-order valence-electron chi connectivity index (χ0n) is 14.1. The normalized spacial score (nSPS) is 11.2. The van der Waals surface area contributed by atoms with Gasteiger partial charge in [0.25, 0.3) is 5.91 Å². The number of nitrogens with one attached hydrogen (secondary N) is 1. The van der Waals surface area contributed by atoms with Crippen LogP contribution in [0.2, 0.25) is 0 Å². The van der Waals surface area contributed by atoms with E-state index in [1.54, 1.807) is 6.07 Å².